The SMILES string of the molecule is COc1ccc(/C=C/C(=O)N[C@@H](C)C(=O)OCc2cc(Br)ccc2OC)cc1. The molecule has 2 aromatic carbocycles. The van der Waals surface area contributed by atoms with Gasteiger partial charge in [-0.05, 0) is 48.9 Å². The van der Waals surface area contributed by atoms with Crippen molar-refractivity contribution < 1.29 is 23.8 Å². The lowest BCUT2D eigenvalue weighted by molar-refractivity contribution is -0.148. The molecule has 0 aliphatic carbocycles. The van der Waals surface area contributed by atoms with Gasteiger partial charge in [-0.3, -0.25) is 4.79 Å². The predicted octanol–water partition coefficient (Wildman–Crippen LogP) is 3.73. The van der Waals surface area contributed by atoms with Crippen LogP contribution in [-0.2, 0) is 20.9 Å². The highest BCUT2D eigenvalue weighted by atomic mass is 79.9. The fourth-order valence-corrected chi connectivity index (χ4v) is 2.75. The number of carbonyl (C=O) groups excluding carboxylic acids is 2. The van der Waals surface area contributed by atoms with Gasteiger partial charge in [0, 0.05) is 16.1 Å². The van der Waals surface area contributed by atoms with E-state index in [2.05, 4.69) is 21.2 Å². The van der Waals surface area contributed by atoms with Crippen LogP contribution in [0.25, 0.3) is 6.08 Å². The van der Waals surface area contributed by atoms with Crippen molar-refractivity contribution in [2.24, 2.45) is 0 Å². The van der Waals surface area contributed by atoms with Crippen molar-refractivity contribution in [3.05, 3.63) is 64.1 Å². The van der Waals surface area contributed by atoms with Gasteiger partial charge in [-0.15, -0.1) is 0 Å². The predicted molar refractivity (Wildman–Crippen MR) is 110 cm³/mol. The molecule has 6 nitrogen and oxygen atoms in total. The van der Waals surface area contributed by atoms with Gasteiger partial charge in [0.1, 0.15) is 24.1 Å². The molecule has 0 aliphatic heterocycles. The summed E-state index contributed by atoms with van der Waals surface area (Å²) in [7, 11) is 3.14. The molecular formula is C21H22BrNO5. The van der Waals surface area contributed by atoms with Crippen molar-refractivity contribution in [2.45, 2.75) is 19.6 Å². The first-order chi connectivity index (χ1) is 13.4. The van der Waals surface area contributed by atoms with E-state index in [4.69, 9.17) is 14.2 Å². The smallest absolute Gasteiger partial charge is 0.328 e. The van der Waals surface area contributed by atoms with Gasteiger partial charge >= 0.3 is 5.97 Å². The molecule has 0 aromatic heterocycles. The number of halogens is 1. The number of carbonyl (C=O) groups is 2. The quantitative estimate of drug-likeness (QED) is 0.492. The maximum absolute atomic E-state index is 12.2. The summed E-state index contributed by atoms with van der Waals surface area (Å²) in [5.74, 6) is 0.434. The summed E-state index contributed by atoms with van der Waals surface area (Å²) in [5, 5.41) is 2.58. The van der Waals surface area contributed by atoms with Gasteiger partial charge in [-0.25, -0.2) is 4.79 Å². The van der Waals surface area contributed by atoms with E-state index in [1.807, 2.05) is 24.3 Å². The van der Waals surface area contributed by atoms with E-state index in [-0.39, 0.29) is 12.5 Å². The molecule has 0 radical (unpaired) electrons. The third kappa shape index (κ3) is 6.42. The summed E-state index contributed by atoms with van der Waals surface area (Å²) >= 11 is 3.37. The van der Waals surface area contributed by atoms with Gasteiger partial charge in [-0.1, -0.05) is 28.1 Å². The topological polar surface area (TPSA) is 73.9 Å². The monoisotopic (exact) mass is 447 g/mol. The maximum atomic E-state index is 12.2. The number of rotatable bonds is 8. The zero-order valence-electron chi connectivity index (χ0n) is 15.9. The molecule has 1 amide bonds. The minimum atomic E-state index is -0.786. The molecule has 0 fully saturated rings. The van der Waals surface area contributed by atoms with Gasteiger partial charge in [-0.2, -0.15) is 0 Å². The van der Waals surface area contributed by atoms with Crippen LogP contribution in [0.2, 0.25) is 0 Å². The van der Waals surface area contributed by atoms with Crippen LogP contribution < -0.4 is 14.8 Å². The normalized spacial score (nSPS) is 11.7. The molecule has 0 aliphatic rings. The molecule has 0 unspecified atom stereocenters. The van der Waals surface area contributed by atoms with Crippen LogP contribution in [0.4, 0.5) is 0 Å². The summed E-state index contributed by atoms with van der Waals surface area (Å²) in [6.45, 7) is 1.61. The highest BCUT2D eigenvalue weighted by Gasteiger charge is 2.17. The van der Waals surface area contributed by atoms with Crippen LogP contribution in [0.15, 0.2) is 53.0 Å². The molecule has 0 saturated heterocycles. The average Bonchev–Trinajstić information content (AvgIpc) is 2.70. The number of nitrogens with one attached hydrogen (secondary N) is 1. The van der Waals surface area contributed by atoms with E-state index < -0.39 is 12.0 Å². The fourth-order valence-electron chi connectivity index (χ4n) is 2.34. The zero-order valence-corrected chi connectivity index (χ0v) is 17.5. The highest BCUT2D eigenvalue weighted by molar-refractivity contribution is 9.10. The number of ether oxygens (including phenoxy) is 3. The Kier molecular flexibility index (Phi) is 8.07. The lowest BCUT2D eigenvalue weighted by atomic mass is 10.2. The lowest BCUT2D eigenvalue weighted by Crippen LogP contribution is -2.38. The zero-order chi connectivity index (χ0) is 20.5. The van der Waals surface area contributed by atoms with Crippen LogP contribution >= 0.6 is 15.9 Å². The Balaban J connectivity index is 1.86. The Morgan fingerprint density at radius 1 is 1.11 bits per heavy atom. The highest BCUT2D eigenvalue weighted by Crippen LogP contribution is 2.23. The summed E-state index contributed by atoms with van der Waals surface area (Å²) in [4.78, 5) is 24.2. The summed E-state index contributed by atoms with van der Waals surface area (Å²) in [5.41, 5.74) is 1.57. The van der Waals surface area contributed by atoms with Crippen LogP contribution in [-0.4, -0.2) is 32.1 Å². The second-order valence-electron chi connectivity index (χ2n) is 5.90. The first-order valence-corrected chi connectivity index (χ1v) is 9.34. The minimum Gasteiger partial charge on any atom is -0.497 e. The molecule has 2 rings (SSSR count). The lowest BCUT2D eigenvalue weighted by Gasteiger charge is -2.14. The second kappa shape index (κ2) is 10.5. The Morgan fingerprint density at radius 2 is 1.82 bits per heavy atom. The largest absolute Gasteiger partial charge is 0.497 e. The molecule has 1 atom stereocenters. The van der Waals surface area contributed by atoms with E-state index in [0.29, 0.717) is 5.75 Å². The molecular weight excluding hydrogens is 426 g/mol. The molecule has 0 bridgehead atoms. The minimum absolute atomic E-state index is 0.0450. The fraction of sp³-hybridized carbons (Fsp3) is 0.238. The third-order valence-electron chi connectivity index (χ3n) is 3.87. The maximum Gasteiger partial charge on any atom is 0.328 e. The molecule has 28 heavy (non-hydrogen) atoms. The van der Waals surface area contributed by atoms with Crippen molar-refractivity contribution in [2.75, 3.05) is 14.2 Å². The molecule has 0 heterocycles. The average molecular weight is 448 g/mol. The Hall–Kier alpha value is -2.80. The van der Waals surface area contributed by atoms with Crippen molar-refractivity contribution in [3.63, 3.8) is 0 Å². The summed E-state index contributed by atoms with van der Waals surface area (Å²) in [6, 6.07) is 11.9. The Bertz CT molecular complexity index is 848. The summed E-state index contributed by atoms with van der Waals surface area (Å²) in [6.07, 6.45) is 3.02. The number of methoxy groups -OCH3 is 2. The van der Waals surface area contributed by atoms with E-state index in [1.165, 1.54) is 6.08 Å². The van der Waals surface area contributed by atoms with Gasteiger partial charge in [0.2, 0.25) is 5.91 Å². The van der Waals surface area contributed by atoms with Crippen molar-refractivity contribution in [3.8, 4) is 11.5 Å². The molecule has 148 valence electrons. The van der Waals surface area contributed by atoms with Gasteiger partial charge in [0.05, 0.1) is 14.2 Å². The van der Waals surface area contributed by atoms with Crippen LogP contribution in [0, 0.1) is 0 Å². The molecule has 0 spiro atoms. The number of hydrogen-bond acceptors (Lipinski definition) is 5. The van der Waals surface area contributed by atoms with Gasteiger partial charge < -0.3 is 19.5 Å². The second-order valence-corrected chi connectivity index (χ2v) is 6.82. The summed E-state index contributed by atoms with van der Waals surface area (Å²) < 4.78 is 16.5. The number of hydrogen-bond donors (Lipinski definition) is 1. The van der Waals surface area contributed by atoms with E-state index in [9.17, 15) is 9.59 Å². The van der Waals surface area contributed by atoms with Crippen molar-refractivity contribution in [1.82, 2.24) is 5.32 Å². The van der Waals surface area contributed by atoms with Crippen LogP contribution in [0.1, 0.15) is 18.1 Å². The number of benzene rings is 2. The molecule has 2 aromatic rings. The standard InChI is InChI=1S/C21H22BrNO5/c1-14(21(25)28-13-16-12-17(22)7-10-19(16)27-3)23-20(24)11-6-15-4-8-18(26-2)9-5-15/h4-12,14H,13H2,1-3H3,(H,23,24)/b11-6+/t14-/m0/s1. The first kappa shape index (κ1) is 21.5. The first-order valence-electron chi connectivity index (χ1n) is 8.54. The van der Waals surface area contributed by atoms with E-state index in [0.717, 1.165) is 21.3 Å². The molecule has 1 N–H and O–H groups in total. The Labute approximate surface area is 172 Å². The van der Waals surface area contributed by atoms with Crippen molar-refractivity contribution >= 4 is 33.9 Å². The van der Waals surface area contributed by atoms with Gasteiger partial charge in [0.25, 0.3) is 0 Å². The van der Waals surface area contributed by atoms with Gasteiger partial charge in [0.15, 0.2) is 0 Å². The van der Waals surface area contributed by atoms with E-state index in [1.54, 1.807) is 45.4 Å². The van der Waals surface area contributed by atoms with Crippen molar-refractivity contribution in [1.29, 1.82) is 0 Å². The Morgan fingerprint density at radius 3 is 2.46 bits per heavy atom. The third-order valence-corrected chi connectivity index (χ3v) is 4.36. The van der Waals surface area contributed by atoms with E-state index >= 15 is 0 Å². The number of amides is 1. The van der Waals surface area contributed by atoms with Crippen LogP contribution in [0.3, 0.4) is 0 Å². The van der Waals surface area contributed by atoms with Crippen LogP contribution in [0.5, 0.6) is 11.5 Å². The number of esters is 1. The molecule has 0 saturated carbocycles. The molecule has 7 heteroatoms.